The van der Waals surface area contributed by atoms with Gasteiger partial charge in [0.15, 0.2) is 0 Å². The summed E-state index contributed by atoms with van der Waals surface area (Å²) in [6.45, 7) is 6.96. The molecule has 0 aromatic carbocycles. The maximum atomic E-state index is 4.46. The van der Waals surface area contributed by atoms with Gasteiger partial charge in [-0.1, -0.05) is 20.3 Å². The summed E-state index contributed by atoms with van der Waals surface area (Å²) in [5, 5.41) is 3.51. The van der Waals surface area contributed by atoms with Crippen LogP contribution in [0, 0.1) is 5.92 Å². The highest BCUT2D eigenvalue weighted by molar-refractivity contribution is 5.18. The van der Waals surface area contributed by atoms with Crippen LogP contribution in [0.4, 0.5) is 0 Å². The third-order valence-corrected chi connectivity index (χ3v) is 5.44. The number of rotatable bonds is 3. The first-order valence-corrected chi connectivity index (χ1v) is 7.96. The van der Waals surface area contributed by atoms with Crippen LogP contribution in [0.2, 0.25) is 0 Å². The predicted molar refractivity (Wildman–Crippen MR) is 78.4 cm³/mol. The van der Waals surface area contributed by atoms with Crippen LogP contribution >= 0.6 is 0 Å². The summed E-state index contributed by atoms with van der Waals surface area (Å²) < 4.78 is 2.50. The maximum absolute atomic E-state index is 4.46. The average Bonchev–Trinajstić information content (AvgIpc) is 3.08. The fraction of sp³-hybridized carbons (Fsp3) is 0.812. The largest absolute Gasteiger partial charge is 0.331 e. The zero-order chi connectivity index (χ0) is 13.3. The molecule has 1 unspecified atom stereocenters. The van der Waals surface area contributed by atoms with Crippen LogP contribution in [-0.4, -0.2) is 22.6 Å². The SMILES string of the molecule is CCC1CCC(n2cncc2C2(C)CCNC2)CC1. The second-order valence-corrected chi connectivity index (χ2v) is 6.76. The van der Waals surface area contributed by atoms with Gasteiger partial charge in [0.25, 0.3) is 0 Å². The lowest BCUT2D eigenvalue weighted by Crippen LogP contribution is -2.30. The Bertz CT molecular complexity index is 409. The van der Waals surface area contributed by atoms with Gasteiger partial charge in [0, 0.05) is 29.9 Å². The lowest BCUT2D eigenvalue weighted by atomic mass is 9.82. The first-order valence-electron chi connectivity index (χ1n) is 7.96. The van der Waals surface area contributed by atoms with E-state index in [0.29, 0.717) is 6.04 Å². The highest BCUT2D eigenvalue weighted by Crippen LogP contribution is 2.38. The number of hydrogen-bond donors (Lipinski definition) is 1. The molecule has 3 rings (SSSR count). The Labute approximate surface area is 116 Å². The molecule has 1 aliphatic heterocycles. The summed E-state index contributed by atoms with van der Waals surface area (Å²) in [7, 11) is 0. The molecule has 0 radical (unpaired) electrons. The molecule has 2 fully saturated rings. The molecule has 1 aromatic heterocycles. The van der Waals surface area contributed by atoms with E-state index in [4.69, 9.17) is 0 Å². The number of aromatic nitrogens is 2. The lowest BCUT2D eigenvalue weighted by molar-refractivity contribution is 0.259. The average molecular weight is 261 g/mol. The van der Waals surface area contributed by atoms with E-state index in [2.05, 4.69) is 41.2 Å². The van der Waals surface area contributed by atoms with E-state index in [1.54, 1.807) is 0 Å². The van der Waals surface area contributed by atoms with Gasteiger partial charge >= 0.3 is 0 Å². The second-order valence-electron chi connectivity index (χ2n) is 6.76. The van der Waals surface area contributed by atoms with Gasteiger partial charge in [-0.05, 0) is 44.6 Å². The van der Waals surface area contributed by atoms with Gasteiger partial charge in [-0.2, -0.15) is 0 Å². The van der Waals surface area contributed by atoms with E-state index in [9.17, 15) is 0 Å². The number of nitrogens with zero attached hydrogens (tertiary/aromatic N) is 2. The Morgan fingerprint density at radius 2 is 2.16 bits per heavy atom. The summed E-state index contributed by atoms with van der Waals surface area (Å²) in [6.07, 6.45) is 12.3. The summed E-state index contributed by atoms with van der Waals surface area (Å²) in [6, 6.07) is 0.692. The summed E-state index contributed by atoms with van der Waals surface area (Å²) in [5.74, 6) is 0.965. The van der Waals surface area contributed by atoms with E-state index < -0.39 is 0 Å². The Balaban J connectivity index is 1.77. The molecule has 1 saturated heterocycles. The molecule has 2 heterocycles. The van der Waals surface area contributed by atoms with Gasteiger partial charge in [0.2, 0.25) is 0 Å². The van der Waals surface area contributed by atoms with Crippen molar-refractivity contribution in [3.63, 3.8) is 0 Å². The van der Waals surface area contributed by atoms with Gasteiger partial charge in [-0.15, -0.1) is 0 Å². The minimum atomic E-state index is 0.290. The Kier molecular flexibility index (Phi) is 3.66. The van der Waals surface area contributed by atoms with Crippen molar-refractivity contribution >= 4 is 0 Å². The van der Waals surface area contributed by atoms with Crippen LogP contribution in [0.25, 0.3) is 0 Å². The van der Waals surface area contributed by atoms with Crippen molar-refractivity contribution < 1.29 is 0 Å². The fourth-order valence-electron chi connectivity index (χ4n) is 3.93. The minimum absolute atomic E-state index is 0.290. The van der Waals surface area contributed by atoms with E-state index >= 15 is 0 Å². The third-order valence-electron chi connectivity index (χ3n) is 5.44. The van der Waals surface area contributed by atoms with Crippen molar-refractivity contribution in [3.05, 3.63) is 18.2 Å². The zero-order valence-corrected chi connectivity index (χ0v) is 12.4. The van der Waals surface area contributed by atoms with E-state index in [-0.39, 0.29) is 5.41 Å². The number of imidazole rings is 1. The molecule has 1 saturated carbocycles. The molecule has 3 nitrogen and oxygen atoms in total. The van der Waals surface area contributed by atoms with E-state index in [0.717, 1.165) is 19.0 Å². The topological polar surface area (TPSA) is 29.9 Å². The van der Waals surface area contributed by atoms with Crippen LogP contribution in [0.5, 0.6) is 0 Å². The molecule has 106 valence electrons. The highest BCUT2D eigenvalue weighted by atomic mass is 15.1. The Morgan fingerprint density at radius 3 is 2.79 bits per heavy atom. The first-order chi connectivity index (χ1) is 9.23. The molecular formula is C16H27N3. The van der Waals surface area contributed by atoms with E-state index in [1.807, 2.05) is 0 Å². The van der Waals surface area contributed by atoms with Crippen molar-refractivity contribution in [1.29, 1.82) is 0 Å². The third kappa shape index (κ3) is 2.45. The van der Waals surface area contributed by atoms with Crippen LogP contribution in [0.1, 0.15) is 64.1 Å². The molecule has 0 bridgehead atoms. The second kappa shape index (κ2) is 5.28. The van der Waals surface area contributed by atoms with Crippen LogP contribution in [0.15, 0.2) is 12.5 Å². The molecule has 0 amide bonds. The number of hydrogen-bond acceptors (Lipinski definition) is 2. The van der Waals surface area contributed by atoms with Crippen molar-refractivity contribution in [1.82, 2.24) is 14.9 Å². The maximum Gasteiger partial charge on any atom is 0.0950 e. The van der Waals surface area contributed by atoms with Crippen LogP contribution in [0.3, 0.4) is 0 Å². The minimum Gasteiger partial charge on any atom is -0.331 e. The van der Waals surface area contributed by atoms with Crippen molar-refractivity contribution in [2.24, 2.45) is 5.92 Å². The Morgan fingerprint density at radius 1 is 1.37 bits per heavy atom. The molecule has 1 atom stereocenters. The molecule has 1 aliphatic carbocycles. The van der Waals surface area contributed by atoms with Crippen LogP contribution in [-0.2, 0) is 5.41 Å². The zero-order valence-electron chi connectivity index (χ0n) is 12.4. The molecule has 2 aliphatic rings. The molecule has 19 heavy (non-hydrogen) atoms. The summed E-state index contributed by atoms with van der Waals surface area (Å²) in [5.41, 5.74) is 1.75. The Hall–Kier alpha value is -0.830. The normalized spacial score (nSPS) is 35.7. The number of nitrogens with one attached hydrogen (secondary N) is 1. The van der Waals surface area contributed by atoms with Gasteiger partial charge in [-0.3, -0.25) is 0 Å². The molecule has 3 heteroatoms. The first kappa shape index (κ1) is 13.2. The molecule has 1 aromatic rings. The van der Waals surface area contributed by atoms with Crippen molar-refractivity contribution in [2.75, 3.05) is 13.1 Å². The monoisotopic (exact) mass is 261 g/mol. The smallest absolute Gasteiger partial charge is 0.0950 e. The quantitative estimate of drug-likeness (QED) is 0.905. The van der Waals surface area contributed by atoms with Crippen molar-refractivity contribution in [3.8, 4) is 0 Å². The predicted octanol–water partition coefficient (Wildman–Crippen LogP) is 3.28. The van der Waals surface area contributed by atoms with E-state index in [1.165, 1.54) is 44.2 Å². The van der Waals surface area contributed by atoms with Gasteiger partial charge in [0.05, 0.1) is 6.33 Å². The van der Waals surface area contributed by atoms with Crippen LogP contribution < -0.4 is 5.32 Å². The fourth-order valence-corrected chi connectivity index (χ4v) is 3.93. The van der Waals surface area contributed by atoms with Crippen molar-refractivity contribution in [2.45, 2.75) is 63.8 Å². The molecular weight excluding hydrogens is 234 g/mol. The highest BCUT2D eigenvalue weighted by Gasteiger charge is 2.35. The van der Waals surface area contributed by atoms with Gasteiger partial charge in [-0.25, -0.2) is 4.98 Å². The summed E-state index contributed by atoms with van der Waals surface area (Å²) in [4.78, 5) is 4.46. The molecule has 1 N–H and O–H groups in total. The summed E-state index contributed by atoms with van der Waals surface area (Å²) >= 11 is 0. The van der Waals surface area contributed by atoms with Gasteiger partial charge < -0.3 is 9.88 Å². The van der Waals surface area contributed by atoms with Gasteiger partial charge in [0.1, 0.15) is 0 Å². The molecule has 0 spiro atoms. The lowest BCUT2D eigenvalue weighted by Gasteiger charge is -2.33. The standard InChI is InChI=1S/C16H27N3/c1-3-13-4-6-14(7-5-13)19-12-18-10-15(19)16(2)8-9-17-11-16/h10,12-14,17H,3-9,11H2,1-2H3.